The highest BCUT2D eigenvalue weighted by Gasteiger charge is 2.17. The largest absolute Gasteiger partial charge is 0.453 e. The van der Waals surface area contributed by atoms with Crippen molar-refractivity contribution < 1.29 is 18.3 Å². The van der Waals surface area contributed by atoms with Crippen molar-refractivity contribution in [3.05, 3.63) is 94.5 Å². The molecule has 0 saturated heterocycles. The van der Waals surface area contributed by atoms with E-state index in [-0.39, 0.29) is 22.7 Å². The van der Waals surface area contributed by atoms with E-state index in [4.69, 9.17) is 4.74 Å². The number of rotatable bonds is 10. The maximum atomic E-state index is 15.1. The van der Waals surface area contributed by atoms with Gasteiger partial charge in [0.05, 0.1) is 5.69 Å². The van der Waals surface area contributed by atoms with E-state index in [1.54, 1.807) is 6.07 Å². The lowest BCUT2D eigenvalue weighted by Crippen LogP contribution is -2.29. The first kappa shape index (κ1) is 27.4. The van der Waals surface area contributed by atoms with Crippen molar-refractivity contribution in [1.29, 1.82) is 0 Å². The summed E-state index contributed by atoms with van der Waals surface area (Å²) in [6.07, 6.45) is 3.68. The summed E-state index contributed by atoms with van der Waals surface area (Å²) in [5.41, 5.74) is -0.0745. The van der Waals surface area contributed by atoms with E-state index in [1.807, 2.05) is 14.1 Å². The van der Waals surface area contributed by atoms with E-state index in [2.05, 4.69) is 35.8 Å². The smallest absolute Gasteiger partial charge is 0.284 e. The number of aromatic amines is 1. The predicted molar refractivity (Wildman–Crippen MR) is 150 cm³/mol. The third kappa shape index (κ3) is 6.20. The molecule has 0 radical (unpaired) electrons. The fraction of sp³-hybridized carbons (Fsp3) is 0.179. The molecule has 1 amide bonds. The summed E-state index contributed by atoms with van der Waals surface area (Å²) in [5.74, 6) is -1.19. The highest BCUT2D eigenvalue weighted by molar-refractivity contribution is 6.04. The van der Waals surface area contributed by atoms with Gasteiger partial charge in [-0.3, -0.25) is 14.7 Å². The molecular formula is C28H26F2N8O3. The van der Waals surface area contributed by atoms with Crippen molar-refractivity contribution >= 4 is 28.4 Å². The van der Waals surface area contributed by atoms with Crippen LogP contribution in [0.4, 0.5) is 20.3 Å². The second-order valence-electron chi connectivity index (χ2n) is 9.33. The number of carbonyl (C=O) groups is 1. The number of halogens is 2. The van der Waals surface area contributed by atoms with E-state index in [9.17, 15) is 14.0 Å². The number of pyridine rings is 1. The lowest BCUT2D eigenvalue weighted by atomic mass is 10.2. The number of hydrogen-bond donors (Lipinski definition) is 3. The third-order valence-corrected chi connectivity index (χ3v) is 6.07. The van der Waals surface area contributed by atoms with Gasteiger partial charge in [-0.25, -0.2) is 13.8 Å². The van der Waals surface area contributed by atoms with Gasteiger partial charge in [-0.2, -0.15) is 14.9 Å². The summed E-state index contributed by atoms with van der Waals surface area (Å²) >= 11 is 0. The van der Waals surface area contributed by atoms with Crippen LogP contribution in [0.2, 0.25) is 0 Å². The molecule has 210 valence electrons. The lowest BCUT2D eigenvalue weighted by Gasteiger charge is -2.12. The van der Waals surface area contributed by atoms with Gasteiger partial charge in [0.25, 0.3) is 11.5 Å². The third-order valence-electron chi connectivity index (χ3n) is 6.07. The van der Waals surface area contributed by atoms with Crippen molar-refractivity contribution in [3.8, 4) is 17.2 Å². The lowest BCUT2D eigenvalue weighted by molar-refractivity contribution is 0.102. The van der Waals surface area contributed by atoms with Gasteiger partial charge < -0.3 is 20.3 Å². The Morgan fingerprint density at radius 1 is 1.05 bits per heavy atom. The second-order valence-corrected chi connectivity index (χ2v) is 9.33. The number of hydrogen-bond acceptors (Lipinski definition) is 8. The van der Waals surface area contributed by atoms with Crippen molar-refractivity contribution in [2.75, 3.05) is 37.8 Å². The van der Waals surface area contributed by atoms with Gasteiger partial charge in [-0.15, -0.1) is 0 Å². The molecule has 0 atom stereocenters. The van der Waals surface area contributed by atoms with Gasteiger partial charge in [0.15, 0.2) is 23.0 Å². The van der Waals surface area contributed by atoms with Crippen LogP contribution in [0.25, 0.3) is 16.7 Å². The maximum Gasteiger partial charge on any atom is 0.284 e. The Hall–Kier alpha value is -5.17. The summed E-state index contributed by atoms with van der Waals surface area (Å²) in [6.45, 7) is 1.57. The Balaban J connectivity index is 1.32. The number of carbonyl (C=O) groups excluding carboxylic acids is 1. The first-order valence-corrected chi connectivity index (χ1v) is 12.6. The summed E-state index contributed by atoms with van der Waals surface area (Å²) in [4.78, 5) is 32.1. The number of nitrogens with one attached hydrogen (secondary N) is 3. The molecule has 3 aromatic heterocycles. The highest BCUT2D eigenvalue weighted by Crippen LogP contribution is 2.34. The molecular weight excluding hydrogens is 534 g/mol. The quantitative estimate of drug-likeness (QED) is 0.217. The molecule has 0 bridgehead atoms. The van der Waals surface area contributed by atoms with Crippen molar-refractivity contribution in [3.63, 3.8) is 0 Å². The molecule has 0 fully saturated rings. The van der Waals surface area contributed by atoms with Gasteiger partial charge in [-0.1, -0.05) is 0 Å². The van der Waals surface area contributed by atoms with Gasteiger partial charge >= 0.3 is 0 Å². The predicted octanol–water partition coefficient (Wildman–Crippen LogP) is 4.19. The molecule has 0 aliphatic carbocycles. The molecule has 11 nitrogen and oxygen atoms in total. The molecule has 0 aliphatic rings. The van der Waals surface area contributed by atoms with Crippen LogP contribution in [-0.2, 0) is 0 Å². The zero-order valence-corrected chi connectivity index (χ0v) is 22.2. The van der Waals surface area contributed by atoms with Crippen LogP contribution in [0.5, 0.6) is 11.5 Å². The molecule has 0 spiro atoms. The molecule has 0 unspecified atom stereocenters. The Morgan fingerprint density at radius 2 is 1.85 bits per heavy atom. The number of anilines is 2. The minimum Gasteiger partial charge on any atom is -0.453 e. The van der Waals surface area contributed by atoms with Gasteiger partial charge in [-0.05, 0) is 69.5 Å². The van der Waals surface area contributed by atoms with Crippen LogP contribution in [0, 0.1) is 11.6 Å². The van der Waals surface area contributed by atoms with E-state index < -0.39 is 23.1 Å². The van der Waals surface area contributed by atoms with Crippen molar-refractivity contribution in [2.24, 2.45) is 0 Å². The van der Waals surface area contributed by atoms with E-state index in [1.165, 1.54) is 54.9 Å². The van der Waals surface area contributed by atoms with Crippen LogP contribution >= 0.6 is 0 Å². The Labute approximate surface area is 232 Å². The molecule has 0 saturated carbocycles. The molecule has 5 aromatic rings. The van der Waals surface area contributed by atoms with Crippen molar-refractivity contribution in [1.82, 2.24) is 29.9 Å². The molecule has 41 heavy (non-hydrogen) atoms. The molecule has 5 rings (SSSR count). The van der Waals surface area contributed by atoms with Crippen LogP contribution in [-0.4, -0.2) is 63.0 Å². The Bertz CT molecular complexity index is 1750. The normalized spacial score (nSPS) is 11.1. The molecule has 3 heterocycles. The fourth-order valence-corrected chi connectivity index (χ4v) is 4.07. The summed E-state index contributed by atoms with van der Waals surface area (Å²) in [6, 6.07) is 11.8. The minimum atomic E-state index is -0.763. The van der Waals surface area contributed by atoms with Crippen LogP contribution in [0.3, 0.4) is 0 Å². The number of amides is 1. The zero-order valence-electron chi connectivity index (χ0n) is 22.2. The van der Waals surface area contributed by atoms with Gasteiger partial charge in [0.1, 0.15) is 22.5 Å². The topological polar surface area (TPSA) is 130 Å². The van der Waals surface area contributed by atoms with Crippen LogP contribution in [0.15, 0.2) is 71.8 Å². The van der Waals surface area contributed by atoms with Gasteiger partial charge in [0, 0.05) is 36.8 Å². The van der Waals surface area contributed by atoms with Crippen LogP contribution in [0.1, 0.15) is 16.8 Å². The van der Waals surface area contributed by atoms with Crippen molar-refractivity contribution in [2.45, 2.75) is 6.42 Å². The number of H-pyrrole nitrogens is 1. The minimum absolute atomic E-state index is 0.0853. The monoisotopic (exact) mass is 560 g/mol. The standard InChI is InChI=1S/C28H26F2N8O3/c1-37(2)15-3-12-31-25-24-23(11-13-32-26(24)36-35-25)41-22-9-6-18(16-21(22)30)34-27(39)20-10-14-33-38(28(20)40)19-7-4-17(29)5-8-19/h4-11,13-14,16H,3,12,15H2,1-2H3,(H,34,39)(H2,31,32,35,36). The molecule has 13 heteroatoms. The first-order chi connectivity index (χ1) is 19.8. The summed E-state index contributed by atoms with van der Waals surface area (Å²) < 4.78 is 35.2. The number of fused-ring (bicyclic) bond motifs is 1. The summed E-state index contributed by atoms with van der Waals surface area (Å²) in [5, 5.41) is 17.4. The van der Waals surface area contributed by atoms with E-state index in [0.29, 0.717) is 29.1 Å². The van der Waals surface area contributed by atoms with E-state index in [0.717, 1.165) is 23.7 Å². The zero-order chi connectivity index (χ0) is 28.9. The number of benzene rings is 2. The molecule has 2 aromatic carbocycles. The van der Waals surface area contributed by atoms with Gasteiger partial charge in [0.2, 0.25) is 0 Å². The second kappa shape index (κ2) is 11.9. The SMILES string of the molecule is CN(C)CCCNc1n[nH]c2nccc(Oc3ccc(NC(=O)c4ccnn(-c5ccc(F)cc5)c4=O)cc3F)c12. The number of nitrogens with zero attached hydrogens (tertiary/aromatic N) is 5. The molecule has 3 N–H and O–H groups in total. The highest BCUT2D eigenvalue weighted by atomic mass is 19.1. The Kier molecular flexibility index (Phi) is 7.97. The average molecular weight is 561 g/mol. The Morgan fingerprint density at radius 3 is 2.61 bits per heavy atom. The first-order valence-electron chi connectivity index (χ1n) is 12.6. The number of ether oxygens (including phenoxy) is 1. The maximum absolute atomic E-state index is 15.1. The fourth-order valence-electron chi connectivity index (χ4n) is 4.07. The average Bonchev–Trinajstić information content (AvgIpc) is 3.37. The van der Waals surface area contributed by atoms with Crippen LogP contribution < -0.4 is 20.9 Å². The number of aromatic nitrogens is 5. The molecule has 0 aliphatic heterocycles. The van der Waals surface area contributed by atoms with E-state index >= 15 is 4.39 Å². The summed E-state index contributed by atoms with van der Waals surface area (Å²) in [7, 11) is 3.99.